The van der Waals surface area contributed by atoms with Gasteiger partial charge in [0.05, 0.1) is 20.8 Å². The summed E-state index contributed by atoms with van der Waals surface area (Å²) in [6, 6.07) is 6.55. The lowest BCUT2D eigenvalue weighted by molar-refractivity contribution is 0.0489. The maximum absolute atomic E-state index is 13.4. The SMILES string of the molecule is Cc1cc(-c2[nH]c3cc(C(=O)N(C)C4CCNCC4(C)C)sc3c2C(C)C)cc(C)n1. The molecule has 4 heterocycles. The van der Waals surface area contributed by atoms with Crippen molar-refractivity contribution in [3.8, 4) is 11.3 Å². The van der Waals surface area contributed by atoms with Gasteiger partial charge < -0.3 is 15.2 Å². The van der Waals surface area contributed by atoms with E-state index in [0.717, 1.165) is 47.0 Å². The molecule has 6 heteroatoms. The first-order valence-electron chi connectivity index (χ1n) is 11.2. The molecule has 1 aliphatic rings. The van der Waals surface area contributed by atoms with Gasteiger partial charge >= 0.3 is 0 Å². The third kappa shape index (κ3) is 4.03. The fourth-order valence-corrected chi connectivity index (χ4v) is 6.35. The lowest BCUT2D eigenvalue weighted by Crippen LogP contribution is -2.54. The van der Waals surface area contributed by atoms with Crippen molar-refractivity contribution in [3.63, 3.8) is 0 Å². The van der Waals surface area contributed by atoms with Crippen LogP contribution in [0.5, 0.6) is 0 Å². The number of hydrogen-bond acceptors (Lipinski definition) is 4. The fourth-order valence-electron chi connectivity index (χ4n) is 5.05. The molecule has 1 fully saturated rings. The van der Waals surface area contributed by atoms with Crippen LogP contribution in [-0.2, 0) is 0 Å². The maximum Gasteiger partial charge on any atom is 0.264 e. The molecule has 4 rings (SSSR count). The van der Waals surface area contributed by atoms with Gasteiger partial charge in [0.25, 0.3) is 5.91 Å². The van der Waals surface area contributed by atoms with Gasteiger partial charge in [-0.25, -0.2) is 0 Å². The number of rotatable bonds is 4. The summed E-state index contributed by atoms with van der Waals surface area (Å²) in [5, 5.41) is 3.46. The van der Waals surface area contributed by atoms with E-state index in [0.29, 0.717) is 5.92 Å². The molecule has 0 aromatic carbocycles. The van der Waals surface area contributed by atoms with Crippen LogP contribution >= 0.6 is 11.3 Å². The van der Waals surface area contributed by atoms with Gasteiger partial charge in [-0.05, 0) is 61.9 Å². The number of aryl methyl sites for hydroxylation is 2. The van der Waals surface area contributed by atoms with Crippen LogP contribution in [0.25, 0.3) is 21.5 Å². The van der Waals surface area contributed by atoms with Gasteiger partial charge in [0.2, 0.25) is 0 Å². The van der Waals surface area contributed by atoms with E-state index < -0.39 is 0 Å². The highest BCUT2D eigenvalue weighted by Gasteiger charge is 2.37. The summed E-state index contributed by atoms with van der Waals surface area (Å²) in [7, 11) is 1.96. The average molecular weight is 439 g/mol. The van der Waals surface area contributed by atoms with Crippen LogP contribution in [0, 0.1) is 19.3 Å². The van der Waals surface area contributed by atoms with E-state index in [2.05, 4.69) is 55.1 Å². The van der Waals surface area contributed by atoms with E-state index in [1.54, 1.807) is 11.3 Å². The molecule has 1 amide bonds. The van der Waals surface area contributed by atoms with Crippen LogP contribution in [-0.4, -0.2) is 47.0 Å². The van der Waals surface area contributed by atoms with Gasteiger partial charge in [-0.15, -0.1) is 11.3 Å². The normalized spacial score (nSPS) is 18.6. The lowest BCUT2D eigenvalue weighted by atomic mass is 9.79. The Morgan fingerprint density at radius 1 is 1.23 bits per heavy atom. The molecule has 0 saturated carbocycles. The highest BCUT2D eigenvalue weighted by Crippen LogP contribution is 2.41. The Morgan fingerprint density at radius 2 is 1.90 bits per heavy atom. The zero-order valence-corrected chi connectivity index (χ0v) is 20.5. The molecule has 166 valence electrons. The molecule has 0 aliphatic carbocycles. The quantitative estimate of drug-likeness (QED) is 0.566. The number of H-pyrrole nitrogens is 1. The standard InChI is InChI=1S/C25H34N4OS/c1-14(2)21-22(17-10-15(3)27-16(4)11-17)28-18-12-19(31-23(18)21)24(30)29(7)20-8-9-26-13-25(20,5)6/h10-12,14,20,26,28H,8-9,13H2,1-7H3. The van der Waals surface area contributed by atoms with Crippen LogP contribution in [0.4, 0.5) is 0 Å². The number of hydrogen-bond donors (Lipinski definition) is 2. The minimum Gasteiger partial charge on any atom is -0.354 e. The Morgan fingerprint density at radius 3 is 2.52 bits per heavy atom. The number of aromatic nitrogens is 2. The third-order valence-corrected chi connectivity index (χ3v) is 7.69. The molecule has 1 saturated heterocycles. The summed E-state index contributed by atoms with van der Waals surface area (Å²) in [6.07, 6.45) is 0.987. The van der Waals surface area contributed by atoms with Crippen LogP contribution in [0.1, 0.15) is 66.7 Å². The Balaban J connectivity index is 1.72. The molecule has 1 atom stereocenters. The number of thiophene rings is 1. The smallest absolute Gasteiger partial charge is 0.264 e. The number of nitrogens with one attached hydrogen (secondary N) is 2. The van der Waals surface area contributed by atoms with E-state index in [-0.39, 0.29) is 17.4 Å². The molecule has 2 N–H and O–H groups in total. The Labute approximate surface area is 189 Å². The molecular weight excluding hydrogens is 404 g/mol. The summed E-state index contributed by atoms with van der Waals surface area (Å²) in [6.45, 7) is 14.9. The summed E-state index contributed by atoms with van der Waals surface area (Å²) in [5.74, 6) is 0.474. The van der Waals surface area contributed by atoms with Gasteiger partial charge in [0, 0.05) is 36.6 Å². The van der Waals surface area contributed by atoms with Crippen LogP contribution in [0.15, 0.2) is 18.2 Å². The predicted octanol–water partition coefficient (Wildman–Crippen LogP) is 5.49. The van der Waals surface area contributed by atoms with Gasteiger partial charge in [-0.1, -0.05) is 27.7 Å². The second kappa shape index (κ2) is 8.06. The highest BCUT2D eigenvalue weighted by molar-refractivity contribution is 7.21. The van der Waals surface area contributed by atoms with Crippen molar-refractivity contribution >= 4 is 27.5 Å². The Kier molecular flexibility index (Phi) is 5.73. The Hall–Kier alpha value is -2.18. The zero-order chi connectivity index (χ0) is 22.5. The number of amides is 1. The van der Waals surface area contributed by atoms with Crippen molar-refractivity contribution in [2.24, 2.45) is 5.41 Å². The van der Waals surface area contributed by atoms with Crippen LogP contribution < -0.4 is 5.32 Å². The topological polar surface area (TPSA) is 61.0 Å². The number of pyridine rings is 1. The third-order valence-electron chi connectivity index (χ3n) is 6.53. The number of nitrogens with zero attached hydrogens (tertiary/aromatic N) is 2. The number of carbonyl (C=O) groups excluding carboxylic acids is 1. The summed E-state index contributed by atoms with van der Waals surface area (Å²) in [5.41, 5.74) is 6.75. The Bertz CT molecular complexity index is 1100. The zero-order valence-electron chi connectivity index (χ0n) is 19.7. The average Bonchev–Trinajstić information content (AvgIpc) is 3.23. The second-order valence-corrected chi connectivity index (χ2v) is 11.0. The van der Waals surface area contributed by atoms with Gasteiger partial charge in [-0.2, -0.15) is 0 Å². The first kappa shape index (κ1) is 22.0. The van der Waals surface area contributed by atoms with E-state index in [1.165, 1.54) is 15.8 Å². The largest absolute Gasteiger partial charge is 0.354 e. The van der Waals surface area contributed by atoms with Crippen molar-refractivity contribution in [3.05, 3.63) is 40.0 Å². The molecule has 3 aromatic rings. The van der Waals surface area contributed by atoms with Crippen LogP contribution in [0.3, 0.4) is 0 Å². The van der Waals surface area contributed by atoms with Crippen molar-refractivity contribution in [2.75, 3.05) is 20.1 Å². The minimum absolute atomic E-state index is 0.0636. The molecule has 31 heavy (non-hydrogen) atoms. The summed E-state index contributed by atoms with van der Waals surface area (Å²) in [4.78, 5) is 24.4. The monoisotopic (exact) mass is 438 g/mol. The molecular formula is C25H34N4OS. The molecule has 0 bridgehead atoms. The van der Waals surface area contributed by atoms with Crippen molar-refractivity contribution < 1.29 is 4.79 Å². The summed E-state index contributed by atoms with van der Waals surface area (Å²) >= 11 is 1.62. The van der Waals surface area contributed by atoms with E-state index in [4.69, 9.17) is 0 Å². The van der Waals surface area contributed by atoms with Crippen molar-refractivity contribution in [1.29, 1.82) is 0 Å². The van der Waals surface area contributed by atoms with E-state index in [9.17, 15) is 4.79 Å². The van der Waals surface area contributed by atoms with Crippen LogP contribution in [0.2, 0.25) is 0 Å². The second-order valence-electron chi connectivity index (χ2n) is 9.95. The predicted molar refractivity (Wildman–Crippen MR) is 130 cm³/mol. The molecule has 0 radical (unpaired) electrons. The van der Waals surface area contributed by atoms with E-state index >= 15 is 0 Å². The molecule has 1 aliphatic heterocycles. The van der Waals surface area contributed by atoms with Gasteiger partial charge in [0.15, 0.2) is 0 Å². The molecule has 3 aromatic heterocycles. The molecule has 1 unspecified atom stereocenters. The number of fused-ring (bicyclic) bond motifs is 1. The van der Waals surface area contributed by atoms with Crippen molar-refractivity contribution in [1.82, 2.24) is 20.2 Å². The lowest BCUT2D eigenvalue weighted by Gasteiger charge is -2.44. The molecule has 0 spiro atoms. The van der Waals surface area contributed by atoms with Crippen molar-refractivity contribution in [2.45, 2.75) is 59.9 Å². The maximum atomic E-state index is 13.4. The highest BCUT2D eigenvalue weighted by atomic mass is 32.1. The van der Waals surface area contributed by atoms with Gasteiger partial charge in [-0.3, -0.25) is 9.78 Å². The first-order valence-corrected chi connectivity index (χ1v) is 12.0. The first-order chi connectivity index (χ1) is 14.6. The minimum atomic E-state index is 0.0636. The molecule has 5 nitrogen and oxygen atoms in total. The number of carbonyl (C=O) groups is 1. The number of piperidine rings is 1. The van der Waals surface area contributed by atoms with Gasteiger partial charge in [0.1, 0.15) is 0 Å². The summed E-state index contributed by atoms with van der Waals surface area (Å²) < 4.78 is 1.19. The van der Waals surface area contributed by atoms with E-state index in [1.807, 2.05) is 31.9 Å². The number of aromatic amines is 1. The fraction of sp³-hybridized carbons (Fsp3) is 0.520.